The molecule has 0 spiro atoms. The zero-order chi connectivity index (χ0) is 14.8. The zero-order valence-electron chi connectivity index (χ0n) is 13.2. The summed E-state index contributed by atoms with van der Waals surface area (Å²) in [7, 11) is 0. The summed E-state index contributed by atoms with van der Waals surface area (Å²) in [5, 5.41) is 4.49. The molecule has 0 bridgehead atoms. The quantitative estimate of drug-likeness (QED) is 0.830. The van der Waals surface area contributed by atoms with Crippen molar-refractivity contribution in [2.24, 2.45) is 0 Å². The lowest BCUT2D eigenvalue weighted by Gasteiger charge is -2.39. The van der Waals surface area contributed by atoms with Crippen LogP contribution in [0.1, 0.15) is 58.7 Å². The molecule has 20 heavy (non-hydrogen) atoms. The highest BCUT2D eigenvalue weighted by Gasteiger charge is 2.34. The second kappa shape index (κ2) is 6.08. The number of ketones is 1. The number of likely N-dealkylation sites (tertiary alicyclic amines) is 1. The second-order valence-electron chi connectivity index (χ2n) is 6.59. The van der Waals surface area contributed by atoms with Gasteiger partial charge in [-0.3, -0.25) is 14.4 Å². The van der Waals surface area contributed by atoms with Gasteiger partial charge in [0.25, 0.3) is 0 Å². The van der Waals surface area contributed by atoms with Crippen molar-refractivity contribution in [3.8, 4) is 0 Å². The van der Waals surface area contributed by atoms with E-state index in [2.05, 4.69) is 37.7 Å². The fourth-order valence-electron chi connectivity index (χ4n) is 2.77. The Labute approximate surface area is 122 Å². The smallest absolute Gasteiger partial charge is 0.158 e. The molecule has 1 aliphatic rings. The third-order valence-electron chi connectivity index (χ3n) is 4.36. The summed E-state index contributed by atoms with van der Waals surface area (Å²) in [6.45, 7) is 10.4. The maximum Gasteiger partial charge on any atom is 0.158 e. The van der Waals surface area contributed by atoms with E-state index in [-0.39, 0.29) is 11.3 Å². The second-order valence-corrected chi connectivity index (χ2v) is 6.59. The predicted molar refractivity (Wildman–Crippen MR) is 80.8 cm³/mol. The summed E-state index contributed by atoms with van der Waals surface area (Å²) in [5.74, 6) is 0.272. The first-order valence-corrected chi connectivity index (χ1v) is 7.73. The van der Waals surface area contributed by atoms with Gasteiger partial charge in [0, 0.05) is 12.2 Å². The minimum Gasteiger partial charge on any atom is -0.297 e. The van der Waals surface area contributed by atoms with Gasteiger partial charge in [-0.1, -0.05) is 6.42 Å². The van der Waals surface area contributed by atoms with Crippen molar-refractivity contribution < 1.29 is 4.79 Å². The Balaban J connectivity index is 2.01. The van der Waals surface area contributed by atoms with Crippen molar-refractivity contribution in [3.05, 3.63) is 18.0 Å². The van der Waals surface area contributed by atoms with E-state index < -0.39 is 0 Å². The third-order valence-corrected chi connectivity index (χ3v) is 4.36. The van der Waals surface area contributed by atoms with E-state index in [1.165, 1.54) is 19.3 Å². The van der Waals surface area contributed by atoms with Crippen LogP contribution in [-0.4, -0.2) is 39.1 Å². The molecular weight excluding hydrogens is 250 g/mol. The summed E-state index contributed by atoms with van der Waals surface area (Å²) < 4.78 is 1.91. The molecule has 4 nitrogen and oxygen atoms in total. The highest BCUT2D eigenvalue weighted by molar-refractivity contribution is 5.89. The largest absolute Gasteiger partial charge is 0.297 e. The molecule has 0 radical (unpaired) electrons. The van der Waals surface area contributed by atoms with Gasteiger partial charge in [0.05, 0.1) is 17.7 Å². The van der Waals surface area contributed by atoms with Crippen molar-refractivity contribution in [1.29, 1.82) is 0 Å². The Morgan fingerprint density at radius 2 is 1.95 bits per heavy atom. The van der Waals surface area contributed by atoms with Crippen LogP contribution in [-0.2, 0) is 11.2 Å². The molecule has 2 rings (SSSR count). The first kappa shape index (κ1) is 15.2. The Kier molecular flexibility index (Phi) is 4.63. The zero-order valence-corrected chi connectivity index (χ0v) is 13.2. The molecular formula is C16H27N3O. The van der Waals surface area contributed by atoms with Gasteiger partial charge in [0.1, 0.15) is 0 Å². The van der Waals surface area contributed by atoms with Crippen LogP contribution in [0.3, 0.4) is 0 Å². The highest BCUT2D eigenvalue weighted by Crippen LogP contribution is 2.22. The van der Waals surface area contributed by atoms with Gasteiger partial charge >= 0.3 is 0 Å². The highest BCUT2D eigenvalue weighted by atomic mass is 16.1. The Morgan fingerprint density at radius 1 is 1.30 bits per heavy atom. The predicted octanol–water partition coefficient (Wildman–Crippen LogP) is 2.84. The van der Waals surface area contributed by atoms with Crippen LogP contribution in [0.4, 0.5) is 0 Å². The van der Waals surface area contributed by atoms with Gasteiger partial charge in [-0.15, -0.1) is 0 Å². The van der Waals surface area contributed by atoms with Gasteiger partial charge in [-0.05, 0) is 59.7 Å². The molecule has 1 fully saturated rings. The molecule has 0 unspecified atom stereocenters. The van der Waals surface area contributed by atoms with E-state index in [9.17, 15) is 4.79 Å². The molecule has 1 aliphatic heterocycles. The van der Waals surface area contributed by atoms with Crippen molar-refractivity contribution >= 4 is 5.78 Å². The average Bonchev–Trinajstić information content (AvgIpc) is 2.88. The average molecular weight is 277 g/mol. The Hall–Kier alpha value is -1.16. The van der Waals surface area contributed by atoms with Crippen molar-refractivity contribution in [1.82, 2.24) is 14.7 Å². The molecule has 4 heteroatoms. The lowest BCUT2D eigenvalue weighted by atomic mass is 9.91. The Morgan fingerprint density at radius 3 is 2.50 bits per heavy atom. The van der Waals surface area contributed by atoms with E-state index in [1.54, 1.807) is 0 Å². The molecule has 0 N–H and O–H groups in total. The van der Waals surface area contributed by atoms with E-state index >= 15 is 0 Å². The van der Waals surface area contributed by atoms with E-state index in [0.717, 1.165) is 18.8 Å². The third kappa shape index (κ3) is 3.29. The van der Waals surface area contributed by atoms with E-state index in [0.29, 0.717) is 12.5 Å². The number of piperidine rings is 1. The topological polar surface area (TPSA) is 38.1 Å². The molecule has 2 heterocycles. The molecule has 0 amide bonds. The number of Topliss-reactive ketones (excluding diaryl/α,β-unsaturated/α-hetero) is 1. The number of nitrogens with zero attached hydrogens (tertiary/aromatic N) is 3. The molecule has 1 aromatic rings. The summed E-state index contributed by atoms with van der Waals surface area (Å²) in [4.78, 5) is 15.0. The SMILES string of the molecule is CC(C)n1ccc(CC(=O)C(C)(C)N2CCCCC2)n1. The first-order valence-electron chi connectivity index (χ1n) is 7.73. The van der Waals surface area contributed by atoms with Crippen LogP contribution in [0.2, 0.25) is 0 Å². The van der Waals surface area contributed by atoms with Gasteiger partial charge < -0.3 is 0 Å². The lowest BCUT2D eigenvalue weighted by Crippen LogP contribution is -2.52. The molecule has 0 atom stereocenters. The fourth-order valence-corrected chi connectivity index (χ4v) is 2.77. The maximum atomic E-state index is 12.6. The number of carbonyl (C=O) groups is 1. The molecule has 112 valence electrons. The van der Waals surface area contributed by atoms with Crippen molar-refractivity contribution in [3.63, 3.8) is 0 Å². The van der Waals surface area contributed by atoms with Crippen LogP contribution >= 0.6 is 0 Å². The first-order chi connectivity index (χ1) is 9.41. The summed E-state index contributed by atoms with van der Waals surface area (Å²) >= 11 is 0. The van der Waals surface area contributed by atoms with Crippen molar-refractivity contribution in [2.75, 3.05) is 13.1 Å². The van der Waals surface area contributed by atoms with Gasteiger partial charge in [-0.2, -0.15) is 5.10 Å². The summed E-state index contributed by atoms with van der Waals surface area (Å²) in [6, 6.07) is 2.30. The van der Waals surface area contributed by atoms with E-state index in [4.69, 9.17) is 0 Å². The summed E-state index contributed by atoms with van der Waals surface area (Å²) in [6.07, 6.45) is 6.10. The normalized spacial score (nSPS) is 17.6. The van der Waals surface area contributed by atoms with Crippen molar-refractivity contribution in [2.45, 2.75) is 65.0 Å². The number of carbonyl (C=O) groups excluding carboxylic acids is 1. The fraction of sp³-hybridized carbons (Fsp3) is 0.750. The van der Waals surface area contributed by atoms with Gasteiger partial charge in [0.2, 0.25) is 0 Å². The lowest BCUT2D eigenvalue weighted by molar-refractivity contribution is -0.129. The van der Waals surface area contributed by atoms with Crippen LogP contribution in [0, 0.1) is 0 Å². The minimum absolute atomic E-state index is 0.272. The maximum absolute atomic E-state index is 12.6. The van der Waals surface area contributed by atoms with Crippen LogP contribution in [0.25, 0.3) is 0 Å². The van der Waals surface area contributed by atoms with Crippen LogP contribution in [0.15, 0.2) is 12.3 Å². The number of hydrogen-bond acceptors (Lipinski definition) is 3. The molecule has 0 saturated carbocycles. The number of hydrogen-bond donors (Lipinski definition) is 0. The van der Waals surface area contributed by atoms with Gasteiger partial charge in [-0.25, -0.2) is 0 Å². The Bertz CT molecular complexity index is 456. The minimum atomic E-state index is -0.373. The van der Waals surface area contributed by atoms with E-state index in [1.807, 2.05) is 16.9 Å². The van der Waals surface area contributed by atoms with Gasteiger partial charge in [0.15, 0.2) is 5.78 Å². The molecule has 1 aromatic heterocycles. The number of rotatable bonds is 5. The summed E-state index contributed by atoms with van der Waals surface area (Å²) in [5.41, 5.74) is 0.510. The number of aromatic nitrogens is 2. The standard InChI is InChI=1S/C16H27N3O/c1-13(2)19-11-8-14(17-19)12-15(20)16(3,4)18-9-6-5-7-10-18/h8,11,13H,5-7,9-10,12H2,1-4H3. The monoisotopic (exact) mass is 277 g/mol. The van der Waals surface area contributed by atoms with Crippen LogP contribution in [0.5, 0.6) is 0 Å². The molecule has 1 saturated heterocycles. The molecule has 0 aliphatic carbocycles. The van der Waals surface area contributed by atoms with Crippen LogP contribution < -0.4 is 0 Å². The molecule has 0 aromatic carbocycles.